The SMILES string of the molecule is CCc1ccc(C(NCc2csc(C)n2)C(C)C)cc1. The molecule has 1 atom stereocenters. The second kappa shape index (κ2) is 7.00. The predicted octanol–water partition coefficient (Wildman–Crippen LogP) is 4.50. The highest BCUT2D eigenvalue weighted by Gasteiger charge is 2.15. The maximum Gasteiger partial charge on any atom is 0.0897 e. The average Bonchev–Trinajstić information content (AvgIpc) is 2.85. The second-order valence-electron chi connectivity index (χ2n) is 5.56. The number of rotatable bonds is 6. The monoisotopic (exact) mass is 288 g/mol. The molecule has 0 saturated carbocycles. The van der Waals surface area contributed by atoms with Crippen molar-refractivity contribution in [1.82, 2.24) is 10.3 Å². The number of hydrogen-bond acceptors (Lipinski definition) is 3. The minimum atomic E-state index is 0.378. The fourth-order valence-electron chi connectivity index (χ4n) is 2.40. The van der Waals surface area contributed by atoms with Crippen molar-refractivity contribution >= 4 is 11.3 Å². The largest absolute Gasteiger partial charge is 0.304 e. The van der Waals surface area contributed by atoms with Crippen LogP contribution < -0.4 is 5.32 Å². The average molecular weight is 288 g/mol. The quantitative estimate of drug-likeness (QED) is 0.846. The summed E-state index contributed by atoms with van der Waals surface area (Å²) in [5.74, 6) is 0.558. The molecule has 0 saturated heterocycles. The smallest absolute Gasteiger partial charge is 0.0897 e. The van der Waals surface area contributed by atoms with Crippen molar-refractivity contribution in [3.63, 3.8) is 0 Å². The van der Waals surface area contributed by atoms with E-state index in [1.54, 1.807) is 11.3 Å². The van der Waals surface area contributed by atoms with Gasteiger partial charge in [-0.2, -0.15) is 0 Å². The molecule has 0 spiro atoms. The Morgan fingerprint density at radius 2 is 1.90 bits per heavy atom. The Labute approximate surface area is 126 Å². The minimum absolute atomic E-state index is 0.378. The topological polar surface area (TPSA) is 24.9 Å². The zero-order valence-corrected chi connectivity index (χ0v) is 13.6. The molecule has 0 radical (unpaired) electrons. The summed E-state index contributed by atoms with van der Waals surface area (Å²) in [6.45, 7) is 9.60. The van der Waals surface area contributed by atoms with Gasteiger partial charge in [-0.15, -0.1) is 11.3 Å². The third-order valence-corrected chi connectivity index (χ3v) is 4.41. The van der Waals surface area contributed by atoms with Gasteiger partial charge in [0.25, 0.3) is 0 Å². The summed E-state index contributed by atoms with van der Waals surface area (Å²) in [5.41, 5.74) is 3.90. The van der Waals surface area contributed by atoms with E-state index in [2.05, 4.69) is 67.6 Å². The summed E-state index contributed by atoms with van der Waals surface area (Å²) in [6.07, 6.45) is 1.10. The summed E-state index contributed by atoms with van der Waals surface area (Å²) in [4.78, 5) is 4.52. The molecule has 1 unspecified atom stereocenters. The van der Waals surface area contributed by atoms with E-state index in [0.29, 0.717) is 12.0 Å². The molecule has 1 heterocycles. The summed E-state index contributed by atoms with van der Waals surface area (Å²) in [7, 11) is 0. The molecule has 20 heavy (non-hydrogen) atoms. The fraction of sp³-hybridized carbons (Fsp3) is 0.471. The van der Waals surface area contributed by atoms with Gasteiger partial charge in [-0.3, -0.25) is 0 Å². The van der Waals surface area contributed by atoms with Crippen LogP contribution in [0.25, 0.3) is 0 Å². The van der Waals surface area contributed by atoms with Gasteiger partial charge in [0.1, 0.15) is 0 Å². The summed E-state index contributed by atoms with van der Waals surface area (Å²) >= 11 is 1.71. The van der Waals surface area contributed by atoms with Gasteiger partial charge in [0.05, 0.1) is 10.7 Å². The third kappa shape index (κ3) is 3.90. The fourth-order valence-corrected chi connectivity index (χ4v) is 3.02. The Morgan fingerprint density at radius 1 is 1.20 bits per heavy atom. The summed E-state index contributed by atoms with van der Waals surface area (Å²) < 4.78 is 0. The molecule has 0 amide bonds. The molecule has 0 aliphatic rings. The molecule has 2 rings (SSSR count). The van der Waals surface area contributed by atoms with Crippen molar-refractivity contribution in [2.75, 3.05) is 0 Å². The molecule has 2 aromatic rings. The molecule has 3 heteroatoms. The van der Waals surface area contributed by atoms with E-state index in [4.69, 9.17) is 0 Å². The van der Waals surface area contributed by atoms with E-state index in [1.165, 1.54) is 11.1 Å². The lowest BCUT2D eigenvalue weighted by atomic mass is 9.95. The Balaban J connectivity index is 2.06. The minimum Gasteiger partial charge on any atom is -0.304 e. The maximum absolute atomic E-state index is 4.52. The van der Waals surface area contributed by atoms with Crippen LogP contribution in [0.2, 0.25) is 0 Å². The molecule has 108 valence electrons. The van der Waals surface area contributed by atoms with Crippen molar-refractivity contribution in [3.8, 4) is 0 Å². The van der Waals surface area contributed by atoms with Crippen LogP contribution in [-0.2, 0) is 13.0 Å². The van der Waals surface area contributed by atoms with Crippen LogP contribution in [0.5, 0.6) is 0 Å². The number of thiazole rings is 1. The number of nitrogens with zero attached hydrogens (tertiary/aromatic N) is 1. The molecule has 0 aliphatic heterocycles. The van der Waals surface area contributed by atoms with Gasteiger partial charge in [0.2, 0.25) is 0 Å². The first-order valence-electron chi connectivity index (χ1n) is 7.33. The highest BCUT2D eigenvalue weighted by molar-refractivity contribution is 7.09. The molecule has 2 nitrogen and oxygen atoms in total. The first-order valence-corrected chi connectivity index (χ1v) is 8.21. The van der Waals surface area contributed by atoms with Crippen LogP contribution >= 0.6 is 11.3 Å². The maximum atomic E-state index is 4.52. The van der Waals surface area contributed by atoms with Gasteiger partial charge < -0.3 is 5.32 Å². The lowest BCUT2D eigenvalue weighted by Gasteiger charge is -2.23. The molecule has 0 aliphatic carbocycles. The zero-order valence-electron chi connectivity index (χ0n) is 12.8. The first kappa shape index (κ1) is 15.2. The van der Waals surface area contributed by atoms with Crippen molar-refractivity contribution in [2.24, 2.45) is 5.92 Å². The van der Waals surface area contributed by atoms with E-state index in [-0.39, 0.29) is 0 Å². The normalized spacial score (nSPS) is 12.8. The Kier molecular flexibility index (Phi) is 5.32. The van der Waals surface area contributed by atoms with Crippen LogP contribution in [0.3, 0.4) is 0 Å². The van der Waals surface area contributed by atoms with E-state index >= 15 is 0 Å². The van der Waals surface area contributed by atoms with Crippen molar-refractivity contribution in [3.05, 3.63) is 51.5 Å². The number of aromatic nitrogens is 1. The Bertz CT molecular complexity index is 528. The predicted molar refractivity (Wildman–Crippen MR) is 87.1 cm³/mol. The molecular formula is C17H24N2S. The van der Waals surface area contributed by atoms with E-state index in [9.17, 15) is 0 Å². The van der Waals surface area contributed by atoms with Crippen molar-refractivity contribution in [2.45, 2.75) is 46.7 Å². The highest BCUT2D eigenvalue weighted by Crippen LogP contribution is 2.23. The third-order valence-electron chi connectivity index (χ3n) is 3.58. The molecule has 0 fully saturated rings. The van der Waals surface area contributed by atoms with Gasteiger partial charge in [0, 0.05) is 18.0 Å². The molecular weight excluding hydrogens is 264 g/mol. The van der Waals surface area contributed by atoms with E-state index in [0.717, 1.165) is 23.7 Å². The van der Waals surface area contributed by atoms with Crippen LogP contribution in [-0.4, -0.2) is 4.98 Å². The first-order chi connectivity index (χ1) is 9.60. The highest BCUT2D eigenvalue weighted by atomic mass is 32.1. The lowest BCUT2D eigenvalue weighted by molar-refractivity contribution is 0.408. The van der Waals surface area contributed by atoms with Gasteiger partial charge >= 0.3 is 0 Å². The molecule has 1 N–H and O–H groups in total. The number of nitrogens with one attached hydrogen (secondary N) is 1. The van der Waals surface area contributed by atoms with Crippen molar-refractivity contribution < 1.29 is 0 Å². The molecule has 1 aromatic heterocycles. The standard InChI is InChI=1S/C17H24N2S/c1-5-14-6-8-15(9-7-14)17(12(2)3)18-10-16-11-20-13(4)19-16/h6-9,11-12,17-18H,5,10H2,1-4H3. The van der Waals surface area contributed by atoms with Crippen LogP contribution in [0.15, 0.2) is 29.6 Å². The van der Waals surface area contributed by atoms with Gasteiger partial charge in [-0.05, 0) is 30.4 Å². The number of aryl methyl sites for hydroxylation is 2. The van der Waals surface area contributed by atoms with E-state index in [1.807, 2.05) is 0 Å². The Hall–Kier alpha value is -1.19. The molecule has 0 bridgehead atoms. The summed E-state index contributed by atoms with van der Waals surface area (Å²) in [6, 6.07) is 9.35. The van der Waals surface area contributed by atoms with Crippen LogP contribution in [0.4, 0.5) is 0 Å². The van der Waals surface area contributed by atoms with Gasteiger partial charge in [-0.1, -0.05) is 45.0 Å². The zero-order chi connectivity index (χ0) is 14.5. The Morgan fingerprint density at radius 3 is 2.40 bits per heavy atom. The number of hydrogen-bond donors (Lipinski definition) is 1. The van der Waals surface area contributed by atoms with Crippen LogP contribution in [0.1, 0.15) is 48.6 Å². The lowest BCUT2D eigenvalue weighted by Crippen LogP contribution is -2.25. The summed E-state index contributed by atoms with van der Waals surface area (Å²) in [5, 5.41) is 6.92. The van der Waals surface area contributed by atoms with Gasteiger partial charge in [-0.25, -0.2) is 4.98 Å². The second-order valence-corrected chi connectivity index (χ2v) is 6.62. The van der Waals surface area contributed by atoms with Crippen LogP contribution in [0, 0.1) is 12.8 Å². The van der Waals surface area contributed by atoms with Gasteiger partial charge in [0.15, 0.2) is 0 Å². The molecule has 1 aromatic carbocycles. The van der Waals surface area contributed by atoms with Crippen molar-refractivity contribution in [1.29, 1.82) is 0 Å². The number of benzene rings is 1. The van der Waals surface area contributed by atoms with E-state index < -0.39 is 0 Å².